The van der Waals surface area contributed by atoms with Crippen LogP contribution in [0.15, 0.2) is 6.33 Å². The van der Waals surface area contributed by atoms with Crippen LogP contribution in [-0.4, -0.2) is 20.1 Å². The smallest absolute Gasteiger partial charge is 0.133 e. The van der Waals surface area contributed by atoms with E-state index in [1.807, 2.05) is 11.6 Å². The minimum absolute atomic E-state index is 0.941. The third-order valence-corrected chi connectivity index (χ3v) is 1.52. The maximum atomic E-state index is 3.89. The molecule has 0 aliphatic rings. The van der Waals surface area contributed by atoms with Crippen molar-refractivity contribution >= 4 is 15.9 Å². The molecular formula is C5H8BrN3. The van der Waals surface area contributed by atoms with E-state index in [-0.39, 0.29) is 0 Å². The van der Waals surface area contributed by atoms with Crippen molar-refractivity contribution in [3.05, 3.63) is 12.2 Å². The molecule has 0 radical (unpaired) electrons. The largest absolute Gasteiger partial charge is 0.321 e. The molecule has 1 aromatic rings. The fraction of sp³-hybridized carbons (Fsp3) is 0.600. The van der Waals surface area contributed by atoms with Crippen LogP contribution in [0.1, 0.15) is 5.82 Å². The van der Waals surface area contributed by atoms with Crippen LogP contribution in [0.4, 0.5) is 0 Å². The van der Waals surface area contributed by atoms with E-state index in [1.54, 1.807) is 6.33 Å². The van der Waals surface area contributed by atoms with Gasteiger partial charge in [0.15, 0.2) is 0 Å². The molecule has 0 unspecified atom stereocenters. The van der Waals surface area contributed by atoms with E-state index in [0.717, 1.165) is 17.6 Å². The molecule has 0 fully saturated rings. The number of alkyl halides is 1. The third kappa shape index (κ3) is 1.51. The van der Waals surface area contributed by atoms with Crippen LogP contribution in [0.2, 0.25) is 0 Å². The number of nitrogens with zero attached hydrogens (tertiary/aromatic N) is 3. The molecule has 0 atom stereocenters. The summed E-state index contributed by atoms with van der Waals surface area (Å²) in [4.78, 5) is 0. The molecule has 1 aromatic heterocycles. The SMILES string of the molecule is Cn1cnnc1CCBr. The predicted octanol–water partition coefficient (Wildman–Crippen LogP) is 0.752. The van der Waals surface area contributed by atoms with E-state index in [4.69, 9.17) is 0 Å². The highest BCUT2D eigenvalue weighted by Gasteiger charge is 1.96. The van der Waals surface area contributed by atoms with Crippen molar-refractivity contribution in [2.45, 2.75) is 6.42 Å². The number of rotatable bonds is 2. The van der Waals surface area contributed by atoms with E-state index in [9.17, 15) is 0 Å². The van der Waals surface area contributed by atoms with Crippen LogP contribution in [0.5, 0.6) is 0 Å². The first-order valence-corrected chi connectivity index (χ1v) is 3.85. The van der Waals surface area contributed by atoms with Gasteiger partial charge in [-0.3, -0.25) is 0 Å². The summed E-state index contributed by atoms with van der Waals surface area (Å²) in [6.07, 6.45) is 2.65. The van der Waals surface area contributed by atoms with Gasteiger partial charge in [-0.05, 0) is 0 Å². The Morgan fingerprint density at radius 3 is 3.00 bits per heavy atom. The van der Waals surface area contributed by atoms with Gasteiger partial charge in [0, 0.05) is 18.8 Å². The minimum atomic E-state index is 0.941. The molecular weight excluding hydrogens is 182 g/mol. The van der Waals surface area contributed by atoms with Crippen LogP contribution < -0.4 is 0 Å². The lowest BCUT2D eigenvalue weighted by molar-refractivity contribution is 0.812. The zero-order valence-corrected chi connectivity index (χ0v) is 6.80. The monoisotopic (exact) mass is 189 g/mol. The number of aryl methyl sites for hydroxylation is 2. The molecule has 50 valence electrons. The molecule has 0 bridgehead atoms. The van der Waals surface area contributed by atoms with E-state index in [1.165, 1.54) is 0 Å². The Kier molecular flexibility index (Phi) is 2.22. The van der Waals surface area contributed by atoms with Gasteiger partial charge >= 0.3 is 0 Å². The van der Waals surface area contributed by atoms with Gasteiger partial charge in [-0.25, -0.2) is 0 Å². The zero-order chi connectivity index (χ0) is 6.69. The Bertz CT molecular complexity index is 184. The Morgan fingerprint density at radius 2 is 2.56 bits per heavy atom. The van der Waals surface area contributed by atoms with Gasteiger partial charge in [0.2, 0.25) is 0 Å². The predicted molar refractivity (Wildman–Crippen MR) is 38.5 cm³/mol. The Labute approximate surface area is 62.2 Å². The number of halogens is 1. The van der Waals surface area contributed by atoms with Crippen LogP contribution in [0.3, 0.4) is 0 Å². The van der Waals surface area contributed by atoms with Crippen LogP contribution in [0, 0.1) is 0 Å². The van der Waals surface area contributed by atoms with Crippen LogP contribution in [-0.2, 0) is 13.5 Å². The normalized spacial score (nSPS) is 10.0. The lowest BCUT2D eigenvalue weighted by atomic mass is 10.5. The standard InChI is InChI=1S/C5H8BrN3/c1-9-4-7-8-5(9)2-3-6/h4H,2-3H2,1H3. The zero-order valence-electron chi connectivity index (χ0n) is 5.21. The molecule has 9 heavy (non-hydrogen) atoms. The van der Waals surface area contributed by atoms with Crippen LogP contribution in [0.25, 0.3) is 0 Å². The van der Waals surface area contributed by atoms with Crippen molar-refractivity contribution in [2.75, 3.05) is 5.33 Å². The molecule has 1 rings (SSSR count). The highest BCUT2D eigenvalue weighted by atomic mass is 79.9. The van der Waals surface area contributed by atoms with E-state index < -0.39 is 0 Å². The summed E-state index contributed by atoms with van der Waals surface area (Å²) >= 11 is 3.32. The maximum absolute atomic E-state index is 3.89. The number of hydrogen-bond donors (Lipinski definition) is 0. The van der Waals surface area contributed by atoms with Crippen molar-refractivity contribution in [3.8, 4) is 0 Å². The van der Waals surface area contributed by atoms with E-state index in [0.29, 0.717) is 0 Å². The van der Waals surface area contributed by atoms with Gasteiger partial charge in [-0.2, -0.15) is 0 Å². The Morgan fingerprint density at radius 1 is 1.78 bits per heavy atom. The van der Waals surface area contributed by atoms with Crippen molar-refractivity contribution in [1.29, 1.82) is 0 Å². The molecule has 0 saturated heterocycles. The first-order valence-electron chi connectivity index (χ1n) is 2.73. The molecule has 4 heteroatoms. The summed E-state index contributed by atoms with van der Waals surface area (Å²) in [7, 11) is 1.94. The number of aromatic nitrogens is 3. The quantitative estimate of drug-likeness (QED) is 0.644. The summed E-state index contributed by atoms with van der Waals surface area (Å²) in [5, 5.41) is 8.56. The Balaban J connectivity index is 2.69. The van der Waals surface area contributed by atoms with Gasteiger partial charge in [0.25, 0.3) is 0 Å². The summed E-state index contributed by atoms with van der Waals surface area (Å²) in [5.74, 6) is 1.02. The van der Waals surface area contributed by atoms with Gasteiger partial charge in [-0.1, -0.05) is 15.9 Å². The summed E-state index contributed by atoms with van der Waals surface area (Å²) in [6.45, 7) is 0. The molecule has 0 saturated carbocycles. The van der Waals surface area contributed by atoms with Crippen molar-refractivity contribution < 1.29 is 0 Å². The highest BCUT2D eigenvalue weighted by Crippen LogP contribution is 1.94. The fourth-order valence-corrected chi connectivity index (χ4v) is 0.973. The van der Waals surface area contributed by atoms with Gasteiger partial charge < -0.3 is 4.57 Å². The van der Waals surface area contributed by atoms with Crippen LogP contribution >= 0.6 is 15.9 Å². The highest BCUT2D eigenvalue weighted by molar-refractivity contribution is 9.09. The third-order valence-electron chi connectivity index (χ3n) is 1.12. The second kappa shape index (κ2) is 2.96. The molecule has 0 spiro atoms. The second-order valence-corrected chi connectivity index (χ2v) is 2.59. The maximum Gasteiger partial charge on any atom is 0.133 e. The molecule has 0 aliphatic carbocycles. The average Bonchev–Trinajstić information content (AvgIpc) is 2.18. The van der Waals surface area contributed by atoms with Gasteiger partial charge in [0.05, 0.1) is 0 Å². The van der Waals surface area contributed by atoms with Crippen molar-refractivity contribution in [2.24, 2.45) is 7.05 Å². The van der Waals surface area contributed by atoms with E-state index >= 15 is 0 Å². The molecule has 1 heterocycles. The molecule has 0 aliphatic heterocycles. The average molecular weight is 190 g/mol. The molecule has 0 amide bonds. The van der Waals surface area contributed by atoms with Gasteiger partial charge in [0.1, 0.15) is 12.2 Å². The summed E-state index contributed by atoms with van der Waals surface area (Å²) < 4.78 is 1.92. The molecule has 3 nitrogen and oxygen atoms in total. The minimum Gasteiger partial charge on any atom is -0.321 e. The molecule has 0 aromatic carbocycles. The summed E-state index contributed by atoms with van der Waals surface area (Å²) in [5.41, 5.74) is 0. The van der Waals surface area contributed by atoms with Crippen molar-refractivity contribution in [3.63, 3.8) is 0 Å². The topological polar surface area (TPSA) is 30.7 Å². The number of hydrogen-bond acceptors (Lipinski definition) is 2. The second-order valence-electron chi connectivity index (χ2n) is 1.80. The lowest BCUT2D eigenvalue weighted by Gasteiger charge is -1.93. The Hall–Kier alpha value is -0.380. The first-order chi connectivity index (χ1) is 4.34. The van der Waals surface area contributed by atoms with Gasteiger partial charge in [-0.15, -0.1) is 10.2 Å². The molecule has 0 N–H and O–H groups in total. The first kappa shape index (κ1) is 6.74. The van der Waals surface area contributed by atoms with Crippen molar-refractivity contribution in [1.82, 2.24) is 14.8 Å². The van der Waals surface area contributed by atoms with E-state index in [2.05, 4.69) is 26.1 Å². The fourth-order valence-electron chi connectivity index (χ4n) is 0.618. The summed E-state index contributed by atoms with van der Waals surface area (Å²) in [6, 6.07) is 0. The lowest BCUT2D eigenvalue weighted by Crippen LogP contribution is -1.96.